The van der Waals surface area contributed by atoms with Crippen LogP contribution in [0.1, 0.15) is 11.1 Å². The first kappa shape index (κ1) is 15.2. The third-order valence-electron chi connectivity index (χ3n) is 2.11. The van der Waals surface area contributed by atoms with Gasteiger partial charge in [0.05, 0.1) is 4.92 Å². The molecule has 0 saturated heterocycles. The number of rotatable bonds is 4. The summed E-state index contributed by atoms with van der Waals surface area (Å²) in [5.74, 6) is -0.137. The van der Waals surface area contributed by atoms with Crippen molar-refractivity contribution in [1.29, 1.82) is 0 Å². The zero-order valence-corrected chi connectivity index (χ0v) is 11.3. The summed E-state index contributed by atoms with van der Waals surface area (Å²) in [6, 6.07) is 4.02. The van der Waals surface area contributed by atoms with Gasteiger partial charge in [0.25, 0.3) is 5.69 Å². The molecular weight excluding hydrogens is 326 g/mol. The van der Waals surface area contributed by atoms with Crippen LogP contribution in [0.25, 0.3) is 0 Å². The largest absolute Gasteiger partial charge is 0.401 e. The summed E-state index contributed by atoms with van der Waals surface area (Å²) in [4.78, 5) is 12.9. The topological polar surface area (TPSA) is 93.9 Å². The van der Waals surface area contributed by atoms with E-state index in [1.54, 1.807) is 6.92 Å². The minimum absolute atomic E-state index is 0.137. The van der Waals surface area contributed by atoms with E-state index in [-0.39, 0.29) is 11.5 Å². The lowest BCUT2D eigenvalue weighted by atomic mass is 10.1. The van der Waals surface area contributed by atoms with Crippen LogP contribution >= 0.6 is 15.9 Å². The summed E-state index contributed by atoms with van der Waals surface area (Å²) >= 11 is 2.00. The first-order chi connectivity index (χ1) is 8.70. The Morgan fingerprint density at radius 3 is 2.74 bits per heavy atom. The fourth-order valence-corrected chi connectivity index (χ4v) is 1.32. The zero-order valence-electron chi connectivity index (χ0n) is 9.68. The number of hydrogen-bond donors (Lipinski definition) is 1. The van der Waals surface area contributed by atoms with Crippen LogP contribution in [0.2, 0.25) is 0 Å². The predicted molar refractivity (Wildman–Crippen MR) is 70.9 cm³/mol. The van der Waals surface area contributed by atoms with Gasteiger partial charge in [-0.15, -0.1) is 0 Å². The second-order valence-electron chi connectivity index (χ2n) is 3.48. The molecule has 0 spiro atoms. The fourth-order valence-electron chi connectivity index (χ4n) is 1.23. The van der Waals surface area contributed by atoms with Gasteiger partial charge in [-0.1, -0.05) is 6.07 Å². The molecule has 0 bridgehead atoms. The molecule has 0 saturated carbocycles. The van der Waals surface area contributed by atoms with Gasteiger partial charge in [-0.2, -0.15) is 13.8 Å². The van der Waals surface area contributed by atoms with E-state index in [0.717, 1.165) is 0 Å². The van der Waals surface area contributed by atoms with Gasteiger partial charge in [-0.05, 0) is 12.5 Å². The lowest BCUT2D eigenvalue weighted by molar-refractivity contribution is -0.384. The molecule has 0 atom stereocenters. The Labute approximate surface area is 115 Å². The first-order valence-electron chi connectivity index (χ1n) is 4.90. The maximum absolute atomic E-state index is 12.3. The number of halogens is 3. The first-order valence-corrected chi connectivity index (χ1v) is 5.69. The molecule has 1 rings (SSSR count). The van der Waals surface area contributed by atoms with Crippen molar-refractivity contribution in [2.24, 2.45) is 15.7 Å². The Hall–Kier alpha value is -1.90. The van der Waals surface area contributed by atoms with Crippen LogP contribution in [-0.4, -0.2) is 22.1 Å². The number of alkyl halides is 3. The molecule has 2 N–H and O–H groups in total. The number of amidine groups is 1. The van der Waals surface area contributed by atoms with Crippen molar-refractivity contribution < 1.29 is 13.7 Å². The Balaban J connectivity index is 3.08. The molecule has 0 unspecified atom stereocenters. The van der Waals surface area contributed by atoms with Crippen molar-refractivity contribution in [3.05, 3.63) is 39.4 Å². The molecule has 1 aromatic carbocycles. The van der Waals surface area contributed by atoms with Crippen LogP contribution in [0, 0.1) is 17.0 Å². The number of non-ortho nitro benzene ring substituents is 1. The Bertz CT molecular complexity index is 555. The highest BCUT2D eigenvalue weighted by Crippen LogP contribution is 2.22. The molecular formula is C10H9BrF2N4O2. The number of benzene rings is 1. The van der Waals surface area contributed by atoms with Crippen molar-refractivity contribution in [2.45, 2.75) is 11.9 Å². The number of hydrogen-bond acceptors (Lipinski definition) is 3. The number of aliphatic imine (C=N–C) groups is 2. The average molecular weight is 335 g/mol. The van der Waals surface area contributed by atoms with E-state index >= 15 is 0 Å². The van der Waals surface area contributed by atoms with Crippen LogP contribution in [0.5, 0.6) is 0 Å². The van der Waals surface area contributed by atoms with Gasteiger partial charge < -0.3 is 5.73 Å². The summed E-state index contributed by atoms with van der Waals surface area (Å²) in [7, 11) is 0. The quantitative estimate of drug-likeness (QED) is 0.229. The van der Waals surface area contributed by atoms with Gasteiger partial charge in [0, 0.05) is 33.6 Å². The standard InChI is InChI=1S/C10H9BrF2N4O2/c1-6-2-3-7(17(18)19)4-8(6)9(14)15-5-16-10(11,12)13/h2-5H,1H3,(H2,14,15,16). The molecule has 0 amide bonds. The minimum atomic E-state index is -3.42. The summed E-state index contributed by atoms with van der Waals surface area (Å²) in [6.07, 6.45) is 0.586. The molecule has 1 aromatic rings. The maximum Gasteiger partial charge on any atom is 0.401 e. The molecule has 9 heteroatoms. The molecule has 6 nitrogen and oxygen atoms in total. The van der Waals surface area contributed by atoms with Crippen molar-refractivity contribution in [2.75, 3.05) is 0 Å². The molecule has 19 heavy (non-hydrogen) atoms. The number of aryl methyl sites for hydroxylation is 1. The fraction of sp³-hybridized carbons (Fsp3) is 0.200. The normalized spacial score (nSPS) is 12.9. The maximum atomic E-state index is 12.3. The monoisotopic (exact) mass is 334 g/mol. The molecule has 102 valence electrons. The van der Waals surface area contributed by atoms with Crippen molar-refractivity contribution >= 4 is 33.8 Å². The Kier molecular flexibility index (Phi) is 4.65. The van der Waals surface area contributed by atoms with Gasteiger partial charge in [-0.25, -0.2) is 4.99 Å². The SMILES string of the molecule is Cc1ccc([N+](=O)[O-])cc1C(N)=N/C=N/C(F)(F)Br. The summed E-state index contributed by atoms with van der Waals surface area (Å²) in [5, 5.41) is 10.6. The second-order valence-corrected chi connectivity index (χ2v) is 4.44. The summed E-state index contributed by atoms with van der Waals surface area (Å²) < 4.78 is 24.7. The van der Waals surface area contributed by atoms with E-state index in [9.17, 15) is 18.9 Å². The van der Waals surface area contributed by atoms with Crippen LogP contribution in [0.15, 0.2) is 28.2 Å². The Morgan fingerprint density at radius 2 is 2.21 bits per heavy atom. The van der Waals surface area contributed by atoms with Gasteiger partial charge >= 0.3 is 4.96 Å². The highest BCUT2D eigenvalue weighted by atomic mass is 79.9. The summed E-state index contributed by atoms with van der Waals surface area (Å²) in [6.45, 7) is 1.66. The smallest absolute Gasteiger partial charge is 0.383 e. The van der Waals surface area contributed by atoms with Crippen LogP contribution in [-0.2, 0) is 0 Å². The Morgan fingerprint density at radius 1 is 1.58 bits per heavy atom. The third-order valence-corrected chi connectivity index (χ3v) is 2.31. The highest BCUT2D eigenvalue weighted by Gasteiger charge is 2.20. The third kappa shape index (κ3) is 4.70. The second kappa shape index (κ2) is 5.83. The number of nitro groups is 1. The zero-order chi connectivity index (χ0) is 14.6. The lowest BCUT2D eigenvalue weighted by Gasteiger charge is -2.04. The lowest BCUT2D eigenvalue weighted by Crippen LogP contribution is -2.15. The van der Waals surface area contributed by atoms with E-state index in [2.05, 4.69) is 9.98 Å². The van der Waals surface area contributed by atoms with Crippen LogP contribution in [0.4, 0.5) is 14.5 Å². The van der Waals surface area contributed by atoms with Crippen LogP contribution < -0.4 is 5.73 Å². The molecule has 0 radical (unpaired) electrons. The number of nitro benzene ring substituents is 1. The highest BCUT2D eigenvalue weighted by molar-refractivity contribution is 9.09. The molecule has 0 aliphatic rings. The van der Waals surface area contributed by atoms with Crippen molar-refractivity contribution in [3.8, 4) is 0 Å². The number of nitrogens with zero attached hydrogens (tertiary/aromatic N) is 3. The van der Waals surface area contributed by atoms with Gasteiger partial charge in [-0.3, -0.25) is 10.1 Å². The van der Waals surface area contributed by atoms with Crippen molar-refractivity contribution in [1.82, 2.24) is 0 Å². The van der Waals surface area contributed by atoms with Crippen molar-refractivity contribution in [3.63, 3.8) is 0 Å². The molecule has 0 aliphatic carbocycles. The van der Waals surface area contributed by atoms with E-state index in [1.165, 1.54) is 18.2 Å². The van der Waals surface area contributed by atoms with E-state index in [0.29, 0.717) is 17.5 Å². The average Bonchev–Trinajstić information content (AvgIpc) is 2.27. The molecule has 0 heterocycles. The molecule has 0 fully saturated rings. The number of nitrogens with two attached hydrogens (primary N) is 1. The van der Waals surface area contributed by atoms with Crippen LogP contribution in [0.3, 0.4) is 0 Å². The van der Waals surface area contributed by atoms with Gasteiger partial charge in [0.1, 0.15) is 12.2 Å². The summed E-state index contributed by atoms with van der Waals surface area (Å²) in [5.41, 5.74) is 6.33. The van der Waals surface area contributed by atoms with Gasteiger partial charge in [0.2, 0.25) is 0 Å². The molecule has 0 aliphatic heterocycles. The molecule has 0 aromatic heterocycles. The van der Waals surface area contributed by atoms with E-state index < -0.39 is 9.88 Å². The van der Waals surface area contributed by atoms with Gasteiger partial charge in [0.15, 0.2) is 0 Å². The van der Waals surface area contributed by atoms with E-state index in [1.807, 2.05) is 15.9 Å². The minimum Gasteiger partial charge on any atom is -0.383 e. The predicted octanol–water partition coefficient (Wildman–Crippen LogP) is 2.58. The van der Waals surface area contributed by atoms with E-state index in [4.69, 9.17) is 5.73 Å².